The van der Waals surface area contributed by atoms with Crippen LogP contribution in [0.1, 0.15) is 18.4 Å². The summed E-state index contributed by atoms with van der Waals surface area (Å²) in [6.45, 7) is 0. The number of rotatable bonds is 6. The molecule has 0 unspecified atom stereocenters. The van der Waals surface area contributed by atoms with Crippen molar-refractivity contribution < 1.29 is 14.3 Å². The number of hydrogen-bond acceptors (Lipinski definition) is 5. The van der Waals surface area contributed by atoms with Crippen LogP contribution in [0.15, 0.2) is 46.9 Å². The molecule has 2 aromatic rings. The topological polar surface area (TPSA) is 79.5 Å². The van der Waals surface area contributed by atoms with E-state index in [4.69, 9.17) is 4.74 Å². The lowest BCUT2D eigenvalue weighted by molar-refractivity contribution is -0.130. The summed E-state index contributed by atoms with van der Waals surface area (Å²) in [6, 6.07) is 13.0. The van der Waals surface area contributed by atoms with Crippen LogP contribution in [-0.2, 0) is 15.1 Å². The van der Waals surface area contributed by atoms with Gasteiger partial charge in [0.25, 0.3) is 0 Å². The number of amides is 2. The predicted octanol–water partition coefficient (Wildman–Crippen LogP) is 3.98. The molecule has 8 heteroatoms. The molecule has 0 aliphatic carbocycles. The number of methoxy groups -OCH3 is 1. The van der Waals surface area contributed by atoms with E-state index < -0.39 is 11.5 Å². The van der Waals surface area contributed by atoms with Gasteiger partial charge in [0.1, 0.15) is 11.3 Å². The lowest BCUT2D eigenvalue weighted by Gasteiger charge is -2.29. The lowest BCUT2D eigenvalue weighted by Crippen LogP contribution is -2.52. The molecule has 0 saturated carbocycles. The van der Waals surface area contributed by atoms with Crippen molar-refractivity contribution in [3.05, 3.63) is 52.5 Å². The average Bonchev–Trinajstić information content (AvgIpc) is 3.26. The highest BCUT2D eigenvalue weighted by atomic mass is 79.9. The highest BCUT2D eigenvalue weighted by Crippen LogP contribution is 2.48. The fourth-order valence-electron chi connectivity index (χ4n) is 4.38. The second-order valence-electron chi connectivity index (χ2n) is 7.58. The fraction of sp³-hybridized carbons (Fsp3) is 0.364. The molecule has 1 spiro atoms. The van der Waals surface area contributed by atoms with E-state index in [1.807, 2.05) is 18.2 Å². The van der Waals surface area contributed by atoms with Crippen LogP contribution in [0, 0.1) is 5.92 Å². The first-order valence-corrected chi connectivity index (χ1v) is 12.0. The highest BCUT2D eigenvalue weighted by Gasteiger charge is 2.60. The van der Waals surface area contributed by atoms with Gasteiger partial charge in [0, 0.05) is 27.5 Å². The van der Waals surface area contributed by atoms with Gasteiger partial charge >= 0.3 is 0 Å². The quantitative estimate of drug-likeness (QED) is 0.571. The zero-order chi connectivity index (χ0) is 21.3. The van der Waals surface area contributed by atoms with Gasteiger partial charge in [0.15, 0.2) is 0 Å². The zero-order valence-electron chi connectivity index (χ0n) is 16.8. The zero-order valence-corrected chi connectivity index (χ0v) is 19.2. The number of carbonyl (C=O) groups is 2. The summed E-state index contributed by atoms with van der Waals surface area (Å²) in [4.78, 5) is 26.7. The molecule has 2 aliphatic rings. The Labute approximate surface area is 188 Å². The molecule has 0 aromatic heterocycles. The summed E-state index contributed by atoms with van der Waals surface area (Å²) < 4.78 is 6.06. The van der Waals surface area contributed by atoms with Crippen molar-refractivity contribution in [2.75, 3.05) is 29.8 Å². The van der Waals surface area contributed by atoms with Gasteiger partial charge in [-0.1, -0.05) is 15.9 Å². The number of benzene rings is 2. The lowest BCUT2D eigenvalue weighted by atomic mass is 9.79. The maximum Gasteiger partial charge on any atom is 0.250 e. The second kappa shape index (κ2) is 8.61. The summed E-state index contributed by atoms with van der Waals surface area (Å²) in [5.41, 5.74) is 1.18. The standard InChI is InChI=1S/C22H24BrN3O3S/c1-29-16-6-4-14(5-7-16)24-20(27)18-12-15(9-10-30-2)26-22(18)17-11-13(23)3-8-19(17)25-21(22)28/h3-8,11,15,18,26H,9-10,12H2,1-2H3,(H,24,27)(H,25,28)/t15-,18-,22+/m0/s1. The van der Waals surface area contributed by atoms with Crippen molar-refractivity contribution in [2.45, 2.75) is 24.4 Å². The van der Waals surface area contributed by atoms with Gasteiger partial charge in [-0.2, -0.15) is 11.8 Å². The summed E-state index contributed by atoms with van der Waals surface area (Å²) in [6.07, 6.45) is 3.56. The largest absolute Gasteiger partial charge is 0.497 e. The van der Waals surface area contributed by atoms with Crippen molar-refractivity contribution in [3.63, 3.8) is 0 Å². The number of carbonyl (C=O) groups excluding carboxylic acids is 2. The van der Waals surface area contributed by atoms with E-state index >= 15 is 0 Å². The Bertz CT molecular complexity index is 969. The number of halogens is 1. The molecule has 2 heterocycles. The first kappa shape index (κ1) is 21.2. The van der Waals surface area contributed by atoms with Crippen LogP contribution in [0.4, 0.5) is 11.4 Å². The summed E-state index contributed by atoms with van der Waals surface area (Å²) in [7, 11) is 1.60. The Hall–Kier alpha value is -2.03. The number of fused-ring (bicyclic) bond motifs is 2. The number of hydrogen-bond donors (Lipinski definition) is 3. The third kappa shape index (κ3) is 3.72. The first-order valence-electron chi connectivity index (χ1n) is 9.81. The van der Waals surface area contributed by atoms with Crippen LogP contribution in [0.25, 0.3) is 0 Å². The monoisotopic (exact) mass is 489 g/mol. The Balaban J connectivity index is 1.68. The van der Waals surface area contributed by atoms with Crippen LogP contribution < -0.4 is 20.7 Å². The van der Waals surface area contributed by atoms with Gasteiger partial charge in [-0.05, 0) is 67.3 Å². The van der Waals surface area contributed by atoms with Crippen LogP contribution in [0.3, 0.4) is 0 Å². The Morgan fingerprint density at radius 2 is 2.07 bits per heavy atom. The smallest absolute Gasteiger partial charge is 0.250 e. The van der Waals surface area contributed by atoms with Crippen molar-refractivity contribution in [3.8, 4) is 5.75 Å². The van der Waals surface area contributed by atoms with Gasteiger partial charge in [-0.3, -0.25) is 14.9 Å². The molecule has 1 fully saturated rings. The molecule has 2 aliphatic heterocycles. The van der Waals surface area contributed by atoms with Crippen LogP contribution >= 0.6 is 27.7 Å². The summed E-state index contributed by atoms with van der Waals surface area (Å²) in [5, 5.41) is 9.51. The molecule has 3 N–H and O–H groups in total. The molecule has 3 atom stereocenters. The van der Waals surface area contributed by atoms with E-state index in [9.17, 15) is 9.59 Å². The molecule has 30 heavy (non-hydrogen) atoms. The predicted molar refractivity (Wildman–Crippen MR) is 124 cm³/mol. The van der Waals surface area contributed by atoms with Crippen molar-refractivity contribution >= 4 is 50.9 Å². The molecule has 2 aromatic carbocycles. The Morgan fingerprint density at radius 1 is 1.30 bits per heavy atom. The molecular weight excluding hydrogens is 466 g/mol. The van der Waals surface area contributed by atoms with Gasteiger partial charge in [-0.25, -0.2) is 0 Å². The molecule has 6 nitrogen and oxygen atoms in total. The van der Waals surface area contributed by atoms with E-state index in [1.165, 1.54) is 0 Å². The second-order valence-corrected chi connectivity index (χ2v) is 9.48. The van der Waals surface area contributed by atoms with E-state index in [0.717, 1.165) is 33.6 Å². The molecule has 2 amide bonds. The third-order valence-corrected chi connectivity index (χ3v) is 6.97. The fourth-order valence-corrected chi connectivity index (χ4v) is 5.27. The van der Waals surface area contributed by atoms with Crippen LogP contribution in [0.2, 0.25) is 0 Å². The van der Waals surface area contributed by atoms with Gasteiger partial charge in [0.05, 0.1) is 13.0 Å². The normalized spacial score (nSPS) is 24.6. The Morgan fingerprint density at radius 3 is 2.77 bits per heavy atom. The number of anilines is 2. The van der Waals surface area contributed by atoms with E-state index in [0.29, 0.717) is 12.1 Å². The third-order valence-electron chi connectivity index (χ3n) is 5.83. The van der Waals surface area contributed by atoms with E-state index in [-0.39, 0.29) is 17.9 Å². The SMILES string of the molecule is COc1ccc(NC(=O)[C@@H]2C[C@H](CCSC)N[C@@]23C(=O)Nc2ccc(Br)cc23)cc1. The van der Waals surface area contributed by atoms with Crippen molar-refractivity contribution in [1.82, 2.24) is 5.32 Å². The molecule has 4 rings (SSSR count). The van der Waals surface area contributed by atoms with Gasteiger partial charge < -0.3 is 15.4 Å². The Kier molecular flexibility index (Phi) is 6.09. The molecule has 158 valence electrons. The maximum absolute atomic E-state index is 13.4. The minimum Gasteiger partial charge on any atom is -0.497 e. The number of nitrogens with one attached hydrogen (secondary N) is 3. The average molecular weight is 490 g/mol. The highest BCUT2D eigenvalue weighted by molar-refractivity contribution is 9.10. The first-order chi connectivity index (χ1) is 14.5. The number of ether oxygens (including phenoxy) is 1. The number of thioether (sulfide) groups is 1. The molecule has 1 saturated heterocycles. The molecule has 0 radical (unpaired) electrons. The summed E-state index contributed by atoms with van der Waals surface area (Å²) in [5.74, 6) is 0.826. The van der Waals surface area contributed by atoms with E-state index in [2.05, 4.69) is 38.1 Å². The minimum absolute atomic E-state index is 0.0831. The molecular formula is C22H24BrN3O3S. The maximum atomic E-state index is 13.4. The van der Waals surface area contributed by atoms with E-state index in [1.54, 1.807) is 43.1 Å². The molecule has 0 bridgehead atoms. The minimum atomic E-state index is -1.07. The van der Waals surface area contributed by atoms with Crippen molar-refractivity contribution in [2.24, 2.45) is 5.92 Å². The van der Waals surface area contributed by atoms with Crippen LogP contribution in [-0.4, -0.2) is 37.0 Å². The summed E-state index contributed by atoms with van der Waals surface area (Å²) >= 11 is 5.28. The van der Waals surface area contributed by atoms with Gasteiger partial charge in [-0.15, -0.1) is 0 Å². The van der Waals surface area contributed by atoms with Gasteiger partial charge in [0.2, 0.25) is 11.8 Å². The van der Waals surface area contributed by atoms with Crippen LogP contribution in [0.5, 0.6) is 5.75 Å². The van der Waals surface area contributed by atoms with Crippen molar-refractivity contribution in [1.29, 1.82) is 0 Å².